The summed E-state index contributed by atoms with van der Waals surface area (Å²) in [6.07, 6.45) is 2.04. The van der Waals surface area contributed by atoms with Crippen LogP contribution in [0.4, 0.5) is 0 Å². The van der Waals surface area contributed by atoms with E-state index in [9.17, 15) is 0 Å². The second kappa shape index (κ2) is 3.70. The lowest BCUT2D eigenvalue weighted by Gasteiger charge is -1.96. The predicted octanol–water partition coefficient (Wildman–Crippen LogP) is 2.42. The van der Waals surface area contributed by atoms with Crippen molar-refractivity contribution in [2.24, 2.45) is 0 Å². The van der Waals surface area contributed by atoms with Crippen molar-refractivity contribution in [3.8, 4) is 0 Å². The Balaban J connectivity index is 2.19. The summed E-state index contributed by atoms with van der Waals surface area (Å²) in [4.78, 5) is 3.95. The van der Waals surface area contributed by atoms with Crippen LogP contribution in [0, 0.1) is 0 Å². The van der Waals surface area contributed by atoms with Gasteiger partial charge in [0.1, 0.15) is 0 Å². The molecule has 0 N–H and O–H groups in total. The van der Waals surface area contributed by atoms with Crippen molar-refractivity contribution >= 4 is 15.9 Å². The topological polar surface area (TPSA) is 38.9 Å². The maximum Gasteiger partial charge on any atom is 0.213 e. The molecule has 0 aliphatic heterocycles. The van der Waals surface area contributed by atoms with E-state index >= 15 is 0 Å². The van der Waals surface area contributed by atoms with Gasteiger partial charge < -0.3 is 4.52 Å². The molecular formula is C9H7BrN2O. The lowest BCUT2D eigenvalue weighted by Crippen LogP contribution is -1.89. The average Bonchev–Trinajstić information content (AvgIpc) is 2.57. The van der Waals surface area contributed by atoms with Crippen molar-refractivity contribution in [2.75, 3.05) is 0 Å². The minimum Gasteiger partial charge on any atom is -0.343 e. The Bertz CT molecular complexity index is 386. The monoisotopic (exact) mass is 238 g/mol. The van der Waals surface area contributed by atoms with Gasteiger partial charge in [-0.15, -0.1) is 0 Å². The highest BCUT2D eigenvalue weighted by Crippen LogP contribution is 2.13. The number of benzene rings is 1. The van der Waals surface area contributed by atoms with E-state index in [1.165, 1.54) is 6.39 Å². The van der Waals surface area contributed by atoms with Crippen LogP contribution < -0.4 is 0 Å². The quantitative estimate of drug-likeness (QED) is 0.807. The molecule has 3 nitrogen and oxygen atoms in total. The molecule has 2 aromatic rings. The van der Waals surface area contributed by atoms with Crippen molar-refractivity contribution in [1.29, 1.82) is 0 Å². The molecule has 0 atom stereocenters. The molecule has 1 aromatic carbocycles. The Morgan fingerprint density at radius 3 is 3.00 bits per heavy atom. The van der Waals surface area contributed by atoms with Gasteiger partial charge in [0.25, 0.3) is 0 Å². The summed E-state index contributed by atoms with van der Waals surface area (Å²) in [5, 5.41) is 3.74. The fraction of sp³-hybridized carbons (Fsp3) is 0.111. The van der Waals surface area contributed by atoms with Crippen molar-refractivity contribution < 1.29 is 4.52 Å². The van der Waals surface area contributed by atoms with E-state index in [2.05, 4.69) is 30.6 Å². The normalized spacial score (nSPS) is 10.2. The summed E-state index contributed by atoms with van der Waals surface area (Å²) in [7, 11) is 0. The van der Waals surface area contributed by atoms with E-state index in [1.807, 2.05) is 24.3 Å². The van der Waals surface area contributed by atoms with Gasteiger partial charge in [-0.3, -0.25) is 0 Å². The number of rotatable bonds is 2. The standard InChI is InChI=1S/C9H7BrN2O/c10-8-3-1-2-7(4-8)5-9-11-6-13-12-9/h1-4,6H,5H2. The van der Waals surface area contributed by atoms with Gasteiger partial charge in [-0.2, -0.15) is 4.98 Å². The molecule has 66 valence electrons. The molecule has 0 spiro atoms. The maximum absolute atomic E-state index is 4.64. The first kappa shape index (κ1) is 8.44. The minimum atomic E-state index is 0.704. The number of halogens is 1. The first-order valence-corrected chi connectivity index (χ1v) is 4.63. The lowest BCUT2D eigenvalue weighted by atomic mass is 10.1. The third kappa shape index (κ3) is 2.15. The Hall–Kier alpha value is -1.16. The average molecular weight is 239 g/mol. The van der Waals surface area contributed by atoms with Crippen LogP contribution >= 0.6 is 15.9 Å². The van der Waals surface area contributed by atoms with E-state index in [4.69, 9.17) is 0 Å². The molecule has 0 bridgehead atoms. The molecule has 0 aliphatic carbocycles. The summed E-state index contributed by atoms with van der Waals surface area (Å²) >= 11 is 3.40. The third-order valence-corrected chi connectivity index (χ3v) is 2.15. The van der Waals surface area contributed by atoms with Crippen molar-refractivity contribution in [2.45, 2.75) is 6.42 Å². The van der Waals surface area contributed by atoms with Gasteiger partial charge in [0.05, 0.1) is 0 Å². The SMILES string of the molecule is Brc1cccc(Cc2ncon2)c1. The molecule has 0 aliphatic rings. The van der Waals surface area contributed by atoms with E-state index in [1.54, 1.807) is 0 Å². The molecule has 0 saturated heterocycles. The van der Waals surface area contributed by atoms with Crippen LogP contribution in [0.2, 0.25) is 0 Å². The number of hydrogen-bond donors (Lipinski definition) is 0. The number of hydrogen-bond acceptors (Lipinski definition) is 3. The van der Waals surface area contributed by atoms with Crippen LogP contribution in [-0.4, -0.2) is 10.1 Å². The Kier molecular flexibility index (Phi) is 2.40. The van der Waals surface area contributed by atoms with E-state index in [0.717, 1.165) is 10.0 Å². The number of nitrogens with zero attached hydrogens (tertiary/aromatic N) is 2. The summed E-state index contributed by atoms with van der Waals surface area (Å²) in [6, 6.07) is 8.04. The van der Waals surface area contributed by atoms with E-state index < -0.39 is 0 Å². The minimum absolute atomic E-state index is 0.704. The Morgan fingerprint density at radius 1 is 1.38 bits per heavy atom. The molecule has 0 fully saturated rings. The third-order valence-electron chi connectivity index (χ3n) is 1.66. The molecule has 0 unspecified atom stereocenters. The van der Waals surface area contributed by atoms with Crippen LogP contribution in [0.5, 0.6) is 0 Å². The van der Waals surface area contributed by atoms with Crippen LogP contribution in [0.3, 0.4) is 0 Å². The molecule has 0 radical (unpaired) electrons. The van der Waals surface area contributed by atoms with E-state index in [-0.39, 0.29) is 0 Å². The molecule has 1 aromatic heterocycles. The number of aromatic nitrogens is 2. The van der Waals surface area contributed by atoms with Crippen LogP contribution in [0.25, 0.3) is 0 Å². The zero-order valence-electron chi connectivity index (χ0n) is 6.77. The van der Waals surface area contributed by atoms with Gasteiger partial charge >= 0.3 is 0 Å². The van der Waals surface area contributed by atoms with E-state index in [0.29, 0.717) is 12.2 Å². The van der Waals surface area contributed by atoms with Crippen LogP contribution in [0.1, 0.15) is 11.4 Å². The Labute approximate surface area is 83.9 Å². The molecule has 0 amide bonds. The van der Waals surface area contributed by atoms with Crippen LogP contribution in [0.15, 0.2) is 39.7 Å². The smallest absolute Gasteiger partial charge is 0.213 e. The van der Waals surface area contributed by atoms with Gasteiger partial charge in [0, 0.05) is 10.9 Å². The highest BCUT2D eigenvalue weighted by Gasteiger charge is 2.00. The fourth-order valence-corrected chi connectivity index (χ4v) is 1.55. The van der Waals surface area contributed by atoms with Crippen molar-refractivity contribution in [3.63, 3.8) is 0 Å². The molecule has 2 rings (SSSR count). The zero-order chi connectivity index (χ0) is 9.10. The molecule has 0 saturated carbocycles. The highest BCUT2D eigenvalue weighted by molar-refractivity contribution is 9.10. The summed E-state index contributed by atoms with van der Waals surface area (Å²) in [6.45, 7) is 0. The largest absolute Gasteiger partial charge is 0.343 e. The van der Waals surface area contributed by atoms with Gasteiger partial charge in [-0.25, -0.2) is 0 Å². The highest BCUT2D eigenvalue weighted by atomic mass is 79.9. The molecule has 1 heterocycles. The first-order chi connectivity index (χ1) is 6.34. The molecular weight excluding hydrogens is 232 g/mol. The maximum atomic E-state index is 4.64. The Morgan fingerprint density at radius 2 is 2.31 bits per heavy atom. The summed E-state index contributed by atoms with van der Waals surface area (Å²) < 4.78 is 5.71. The van der Waals surface area contributed by atoms with Crippen molar-refractivity contribution in [1.82, 2.24) is 10.1 Å². The molecule has 13 heavy (non-hydrogen) atoms. The zero-order valence-corrected chi connectivity index (χ0v) is 8.36. The first-order valence-electron chi connectivity index (χ1n) is 3.84. The summed E-state index contributed by atoms with van der Waals surface area (Å²) in [5.41, 5.74) is 1.16. The van der Waals surface area contributed by atoms with Gasteiger partial charge in [-0.05, 0) is 17.7 Å². The predicted molar refractivity (Wildman–Crippen MR) is 51.2 cm³/mol. The second-order valence-electron chi connectivity index (χ2n) is 2.65. The van der Waals surface area contributed by atoms with Gasteiger partial charge in [-0.1, -0.05) is 33.2 Å². The van der Waals surface area contributed by atoms with Crippen LogP contribution in [-0.2, 0) is 6.42 Å². The van der Waals surface area contributed by atoms with Gasteiger partial charge in [0.15, 0.2) is 5.82 Å². The molecule has 4 heteroatoms. The van der Waals surface area contributed by atoms with Gasteiger partial charge in [0.2, 0.25) is 6.39 Å². The second-order valence-corrected chi connectivity index (χ2v) is 3.57. The van der Waals surface area contributed by atoms with Crippen molar-refractivity contribution in [3.05, 3.63) is 46.5 Å². The fourth-order valence-electron chi connectivity index (χ4n) is 1.10. The summed E-state index contributed by atoms with van der Waals surface area (Å²) in [5.74, 6) is 0.707. The lowest BCUT2D eigenvalue weighted by molar-refractivity contribution is 0.411.